The number of carbonyl (C=O) groups is 1. The van der Waals surface area contributed by atoms with Crippen LogP contribution < -0.4 is 10.1 Å². The first kappa shape index (κ1) is 16.1. The molecule has 126 valence electrons. The lowest BCUT2D eigenvalue weighted by Crippen LogP contribution is -2.51. The highest BCUT2D eigenvalue weighted by atomic mass is 19.1. The number of ether oxygens (including phenoxy) is 1. The molecule has 2 heterocycles. The number of urea groups is 1. The topological polar surface area (TPSA) is 44.8 Å². The number of nitrogens with zero attached hydrogens (tertiary/aromatic N) is 2. The molecule has 6 heteroatoms. The van der Waals surface area contributed by atoms with Crippen molar-refractivity contribution in [3.63, 3.8) is 0 Å². The molecule has 2 aliphatic rings. The van der Waals surface area contributed by atoms with E-state index in [1.54, 1.807) is 13.2 Å². The van der Waals surface area contributed by atoms with Crippen molar-refractivity contribution >= 4 is 6.03 Å². The van der Waals surface area contributed by atoms with Crippen LogP contribution in [0.4, 0.5) is 9.18 Å². The molecule has 2 amide bonds. The Morgan fingerprint density at radius 1 is 1.39 bits per heavy atom. The fourth-order valence-electron chi connectivity index (χ4n) is 3.71. The summed E-state index contributed by atoms with van der Waals surface area (Å²) in [4.78, 5) is 16.3. The molecule has 0 bridgehead atoms. The van der Waals surface area contributed by atoms with Gasteiger partial charge >= 0.3 is 6.03 Å². The van der Waals surface area contributed by atoms with Gasteiger partial charge in [-0.05, 0) is 38.0 Å². The molecule has 2 atom stereocenters. The molecule has 1 aromatic carbocycles. The Kier molecular flexibility index (Phi) is 4.43. The Hall–Kier alpha value is -1.82. The zero-order chi connectivity index (χ0) is 16.6. The number of methoxy groups -OCH3 is 1. The Labute approximate surface area is 136 Å². The van der Waals surface area contributed by atoms with E-state index < -0.39 is 0 Å². The van der Waals surface area contributed by atoms with Crippen LogP contribution in [0.3, 0.4) is 0 Å². The number of carbonyl (C=O) groups excluding carboxylic acids is 1. The van der Waals surface area contributed by atoms with E-state index >= 15 is 0 Å². The van der Waals surface area contributed by atoms with Crippen LogP contribution in [0.5, 0.6) is 5.75 Å². The first-order valence-corrected chi connectivity index (χ1v) is 8.12. The van der Waals surface area contributed by atoms with E-state index in [1.165, 1.54) is 6.07 Å². The molecule has 3 rings (SSSR count). The van der Waals surface area contributed by atoms with Gasteiger partial charge < -0.3 is 15.0 Å². The van der Waals surface area contributed by atoms with Crippen molar-refractivity contribution in [3.8, 4) is 5.75 Å². The number of piperidine rings is 1. The summed E-state index contributed by atoms with van der Waals surface area (Å²) < 4.78 is 18.7. The molecule has 2 saturated heterocycles. The minimum atomic E-state index is -0.283. The van der Waals surface area contributed by atoms with E-state index in [2.05, 4.69) is 10.2 Å². The predicted molar refractivity (Wildman–Crippen MR) is 85.9 cm³/mol. The van der Waals surface area contributed by atoms with E-state index in [1.807, 2.05) is 24.8 Å². The molecule has 5 nitrogen and oxygen atoms in total. The summed E-state index contributed by atoms with van der Waals surface area (Å²) in [6.07, 6.45) is 0.939. The van der Waals surface area contributed by atoms with Gasteiger partial charge in [-0.15, -0.1) is 0 Å². The van der Waals surface area contributed by atoms with Crippen LogP contribution in [0.15, 0.2) is 18.2 Å². The van der Waals surface area contributed by atoms with Crippen molar-refractivity contribution in [2.24, 2.45) is 0 Å². The third kappa shape index (κ3) is 3.27. The Morgan fingerprint density at radius 2 is 2.17 bits per heavy atom. The van der Waals surface area contributed by atoms with Gasteiger partial charge in [0, 0.05) is 31.7 Å². The normalized spacial score (nSPS) is 24.7. The first-order chi connectivity index (χ1) is 11.0. The number of benzene rings is 1. The number of fused-ring (bicyclic) bond motifs is 1. The van der Waals surface area contributed by atoms with Gasteiger partial charge in [-0.2, -0.15) is 0 Å². The first-order valence-electron chi connectivity index (χ1n) is 8.12. The third-order valence-electron chi connectivity index (χ3n) is 4.69. The molecule has 2 fully saturated rings. The number of nitrogens with one attached hydrogen (secondary N) is 1. The summed E-state index contributed by atoms with van der Waals surface area (Å²) in [5, 5.41) is 3.08. The molecule has 2 aliphatic heterocycles. The van der Waals surface area contributed by atoms with Gasteiger partial charge in [0.15, 0.2) is 0 Å². The molecule has 1 aromatic rings. The fraction of sp³-hybridized carbons (Fsp3) is 0.588. The maximum atomic E-state index is 13.6. The molecule has 23 heavy (non-hydrogen) atoms. The van der Waals surface area contributed by atoms with Gasteiger partial charge in [0.1, 0.15) is 11.6 Å². The molecule has 0 aliphatic carbocycles. The maximum absolute atomic E-state index is 13.6. The number of likely N-dealkylation sites (tertiary alicyclic amines) is 1. The van der Waals surface area contributed by atoms with Crippen molar-refractivity contribution in [2.45, 2.75) is 44.9 Å². The molecular formula is C17H24FN3O2. The molecular weight excluding hydrogens is 297 g/mol. The standard InChI is InChI=1S/C17H24FN3O2/c1-11(2)21-16-4-5-20(10-15(16)19-17(21)22)9-12-6-13(18)8-14(7-12)23-3/h6-8,11,15-16H,4-5,9-10H2,1-3H3,(H,19,22)/t15-,16+/m1/s1. The molecule has 0 aromatic heterocycles. The minimum absolute atomic E-state index is 0.0317. The van der Waals surface area contributed by atoms with Gasteiger partial charge in [0.25, 0.3) is 0 Å². The Morgan fingerprint density at radius 3 is 2.87 bits per heavy atom. The second-order valence-electron chi connectivity index (χ2n) is 6.65. The summed E-state index contributed by atoms with van der Waals surface area (Å²) in [7, 11) is 1.54. The van der Waals surface area contributed by atoms with Crippen LogP contribution in [0, 0.1) is 5.82 Å². The second-order valence-corrected chi connectivity index (χ2v) is 6.65. The average Bonchev–Trinajstić information content (AvgIpc) is 2.81. The highest BCUT2D eigenvalue weighted by Gasteiger charge is 2.43. The van der Waals surface area contributed by atoms with Crippen LogP contribution in [0.25, 0.3) is 0 Å². The van der Waals surface area contributed by atoms with Crippen molar-refractivity contribution < 1.29 is 13.9 Å². The molecule has 0 spiro atoms. The number of rotatable bonds is 4. The van der Waals surface area contributed by atoms with Crippen LogP contribution in [0.2, 0.25) is 0 Å². The molecule has 0 radical (unpaired) electrons. The summed E-state index contributed by atoms with van der Waals surface area (Å²) in [6.45, 7) is 6.45. The molecule has 0 unspecified atom stereocenters. The zero-order valence-electron chi connectivity index (χ0n) is 13.9. The zero-order valence-corrected chi connectivity index (χ0v) is 13.9. The van der Waals surface area contributed by atoms with Crippen molar-refractivity contribution in [1.82, 2.24) is 15.1 Å². The lowest BCUT2D eigenvalue weighted by molar-refractivity contribution is 0.122. The number of amides is 2. The van der Waals surface area contributed by atoms with Gasteiger partial charge in [-0.1, -0.05) is 0 Å². The van der Waals surface area contributed by atoms with Crippen LogP contribution in [0.1, 0.15) is 25.8 Å². The van der Waals surface area contributed by atoms with E-state index in [0.717, 1.165) is 25.1 Å². The van der Waals surface area contributed by atoms with E-state index in [4.69, 9.17) is 4.74 Å². The quantitative estimate of drug-likeness (QED) is 0.925. The van der Waals surface area contributed by atoms with Gasteiger partial charge in [0.2, 0.25) is 0 Å². The molecule has 1 N–H and O–H groups in total. The number of halogens is 1. The van der Waals surface area contributed by atoms with Crippen molar-refractivity contribution in [2.75, 3.05) is 20.2 Å². The Balaban J connectivity index is 1.67. The van der Waals surface area contributed by atoms with Gasteiger partial charge in [-0.3, -0.25) is 4.90 Å². The highest BCUT2D eigenvalue weighted by molar-refractivity contribution is 5.78. The van der Waals surface area contributed by atoms with Gasteiger partial charge in [0.05, 0.1) is 19.2 Å². The van der Waals surface area contributed by atoms with Crippen LogP contribution in [-0.2, 0) is 6.54 Å². The van der Waals surface area contributed by atoms with Crippen LogP contribution >= 0.6 is 0 Å². The second kappa shape index (κ2) is 6.35. The van der Waals surface area contributed by atoms with E-state index in [0.29, 0.717) is 12.3 Å². The summed E-state index contributed by atoms with van der Waals surface area (Å²) in [5.41, 5.74) is 0.894. The monoisotopic (exact) mass is 321 g/mol. The number of hydrogen-bond acceptors (Lipinski definition) is 3. The van der Waals surface area contributed by atoms with Gasteiger partial charge in [-0.25, -0.2) is 9.18 Å². The van der Waals surface area contributed by atoms with E-state index in [9.17, 15) is 9.18 Å². The lowest BCUT2D eigenvalue weighted by Gasteiger charge is -2.38. The third-order valence-corrected chi connectivity index (χ3v) is 4.69. The largest absolute Gasteiger partial charge is 0.497 e. The fourth-order valence-corrected chi connectivity index (χ4v) is 3.71. The van der Waals surface area contributed by atoms with E-state index in [-0.39, 0.29) is 30.0 Å². The smallest absolute Gasteiger partial charge is 0.318 e. The predicted octanol–water partition coefficient (Wildman–Crippen LogP) is 2.21. The SMILES string of the molecule is COc1cc(F)cc(CN2CC[C@H]3[C@@H](C2)NC(=O)N3C(C)C)c1. The summed E-state index contributed by atoms with van der Waals surface area (Å²) in [5.74, 6) is 0.254. The molecule has 0 saturated carbocycles. The Bertz CT molecular complexity index is 593. The highest BCUT2D eigenvalue weighted by Crippen LogP contribution is 2.26. The van der Waals surface area contributed by atoms with Crippen molar-refractivity contribution in [1.29, 1.82) is 0 Å². The average molecular weight is 321 g/mol. The lowest BCUT2D eigenvalue weighted by atomic mass is 9.98. The summed E-state index contributed by atoms with van der Waals surface area (Å²) >= 11 is 0. The van der Waals surface area contributed by atoms with Crippen LogP contribution in [-0.4, -0.2) is 54.2 Å². The maximum Gasteiger partial charge on any atom is 0.318 e. The minimum Gasteiger partial charge on any atom is -0.497 e. The summed E-state index contributed by atoms with van der Waals surface area (Å²) in [6, 6.07) is 5.45. The van der Waals surface area contributed by atoms with Crippen molar-refractivity contribution in [3.05, 3.63) is 29.6 Å². The number of hydrogen-bond donors (Lipinski definition) is 1.